The molecule has 0 amide bonds. The van der Waals surface area contributed by atoms with Crippen molar-refractivity contribution in [2.75, 3.05) is 6.54 Å². The van der Waals surface area contributed by atoms with E-state index in [0.717, 1.165) is 25.3 Å². The van der Waals surface area contributed by atoms with Crippen LogP contribution in [0.5, 0.6) is 0 Å². The minimum atomic E-state index is -0.417. The molecule has 0 heterocycles. The number of rotatable bonds is 4. The molecule has 0 aromatic heterocycles. The van der Waals surface area contributed by atoms with Gasteiger partial charge in [0.05, 0.1) is 5.60 Å². The van der Waals surface area contributed by atoms with Crippen LogP contribution in [-0.2, 0) is 0 Å². The third kappa shape index (κ3) is 4.24. The molecular formula is C16H31NO. The monoisotopic (exact) mass is 253 g/mol. The van der Waals surface area contributed by atoms with Gasteiger partial charge < -0.3 is 10.4 Å². The first-order chi connectivity index (χ1) is 8.70. The van der Waals surface area contributed by atoms with Crippen LogP contribution in [0.1, 0.15) is 77.6 Å². The van der Waals surface area contributed by atoms with Crippen molar-refractivity contribution in [3.8, 4) is 0 Å². The van der Waals surface area contributed by atoms with E-state index in [1.807, 2.05) is 0 Å². The molecule has 0 unspecified atom stereocenters. The topological polar surface area (TPSA) is 32.3 Å². The average molecular weight is 253 g/mol. The minimum absolute atomic E-state index is 0.417. The molecule has 2 rings (SSSR count). The molecular weight excluding hydrogens is 222 g/mol. The van der Waals surface area contributed by atoms with Crippen LogP contribution in [0.2, 0.25) is 0 Å². The fourth-order valence-electron chi connectivity index (χ4n) is 3.72. The number of nitrogens with one attached hydrogen (secondary N) is 1. The van der Waals surface area contributed by atoms with E-state index in [1.54, 1.807) is 0 Å². The zero-order valence-electron chi connectivity index (χ0n) is 12.1. The lowest BCUT2D eigenvalue weighted by atomic mass is 9.84. The molecule has 2 nitrogen and oxygen atoms in total. The lowest BCUT2D eigenvalue weighted by molar-refractivity contribution is 0.0207. The normalized spacial score (nSPS) is 27.7. The maximum absolute atomic E-state index is 10.6. The van der Waals surface area contributed by atoms with Gasteiger partial charge in [-0.2, -0.15) is 0 Å². The molecule has 0 saturated heterocycles. The summed E-state index contributed by atoms with van der Waals surface area (Å²) in [6.07, 6.45) is 14.0. The quantitative estimate of drug-likeness (QED) is 0.750. The van der Waals surface area contributed by atoms with Crippen molar-refractivity contribution in [3.05, 3.63) is 0 Å². The molecule has 0 radical (unpaired) electrons. The van der Waals surface area contributed by atoms with Crippen LogP contribution < -0.4 is 5.32 Å². The highest BCUT2D eigenvalue weighted by atomic mass is 16.3. The Morgan fingerprint density at radius 3 is 2.17 bits per heavy atom. The molecule has 0 aromatic rings. The lowest BCUT2D eigenvalue weighted by Gasteiger charge is -2.33. The van der Waals surface area contributed by atoms with Gasteiger partial charge >= 0.3 is 0 Å². The summed E-state index contributed by atoms with van der Waals surface area (Å²) >= 11 is 0. The Hall–Kier alpha value is -0.0800. The van der Waals surface area contributed by atoms with E-state index in [-0.39, 0.29) is 0 Å². The van der Waals surface area contributed by atoms with Crippen molar-refractivity contribution in [3.63, 3.8) is 0 Å². The Morgan fingerprint density at radius 1 is 1.00 bits per heavy atom. The van der Waals surface area contributed by atoms with Gasteiger partial charge in [-0.15, -0.1) is 0 Å². The highest BCUT2D eigenvalue weighted by Gasteiger charge is 2.29. The average Bonchev–Trinajstić information content (AvgIpc) is 2.62. The second-order valence-corrected chi connectivity index (χ2v) is 6.71. The van der Waals surface area contributed by atoms with E-state index in [0.29, 0.717) is 6.04 Å². The summed E-state index contributed by atoms with van der Waals surface area (Å²) in [6, 6.07) is 0.581. The zero-order chi connectivity index (χ0) is 12.8. The Morgan fingerprint density at radius 2 is 1.56 bits per heavy atom. The van der Waals surface area contributed by atoms with Crippen molar-refractivity contribution in [2.45, 2.75) is 89.2 Å². The summed E-state index contributed by atoms with van der Waals surface area (Å²) in [5, 5.41) is 14.3. The van der Waals surface area contributed by atoms with E-state index in [2.05, 4.69) is 12.2 Å². The molecule has 2 heteroatoms. The van der Waals surface area contributed by atoms with Crippen molar-refractivity contribution in [1.29, 1.82) is 0 Å². The summed E-state index contributed by atoms with van der Waals surface area (Å²) < 4.78 is 0. The molecule has 2 N–H and O–H groups in total. The molecule has 18 heavy (non-hydrogen) atoms. The van der Waals surface area contributed by atoms with Crippen LogP contribution in [0.4, 0.5) is 0 Å². The van der Waals surface area contributed by atoms with Crippen molar-refractivity contribution < 1.29 is 5.11 Å². The molecule has 106 valence electrons. The van der Waals surface area contributed by atoms with E-state index < -0.39 is 5.60 Å². The molecule has 0 spiro atoms. The minimum Gasteiger partial charge on any atom is -0.389 e. The first kappa shape index (κ1) is 14.3. The summed E-state index contributed by atoms with van der Waals surface area (Å²) in [7, 11) is 0. The van der Waals surface area contributed by atoms with E-state index in [1.165, 1.54) is 57.8 Å². The van der Waals surface area contributed by atoms with Crippen LogP contribution in [0.15, 0.2) is 0 Å². The molecule has 2 aliphatic carbocycles. The van der Waals surface area contributed by atoms with Crippen molar-refractivity contribution in [1.82, 2.24) is 5.32 Å². The van der Waals surface area contributed by atoms with E-state index in [4.69, 9.17) is 0 Å². The summed E-state index contributed by atoms with van der Waals surface area (Å²) in [5.74, 6) is 0.841. The fourth-order valence-corrected chi connectivity index (χ4v) is 3.72. The summed E-state index contributed by atoms with van der Waals surface area (Å²) in [4.78, 5) is 0. The Labute approximate surface area is 113 Å². The standard InChI is InChI=1S/C16H31NO/c1-14(15-9-5-4-6-10-15)17-13-16(18)11-7-2-3-8-12-16/h14-15,17-18H,2-13H2,1H3/t14-/m0/s1. The molecule has 2 aliphatic rings. The Bertz CT molecular complexity index is 227. The van der Waals surface area contributed by atoms with Crippen LogP contribution >= 0.6 is 0 Å². The van der Waals surface area contributed by atoms with Gasteiger partial charge in [0.1, 0.15) is 0 Å². The highest BCUT2D eigenvalue weighted by molar-refractivity contribution is 4.86. The largest absolute Gasteiger partial charge is 0.389 e. The Kier molecular flexibility index (Phi) is 5.50. The number of hydrogen-bond donors (Lipinski definition) is 2. The van der Waals surface area contributed by atoms with Crippen LogP contribution in [0, 0.1) is 5.92 Å². The van der Waals surface area contributed by atoms with Crippen LogP contribution in [0.3, 0.4) is 0 Å². The highest BCUT2D eigenvalue weighted by Crippen LogP contribution is 2.29. The zero-order valence-corrected chi connectivity index (χ0v) is 12.1. The van der Waals surface area contributed by atoms with Gasteiger partial charge in [-0.25, -0.2) is 0 Å². The van der Waals surface area contributed by atoms with E-state index in [9.17, 15) is 5.11 Å². The van der Waals surface area contributed by atoms with Gasteiger partial charge in [0.2, 0.25) is 0 Å². The second kappa shape index (κ2) is 6.91. The van der Waals surface area contributed by atoms with Gasteiger partial charge in [0, 0.05) is 12.6 Å². The predicted octanol–water partition coefficient (Wildman–Crippen LogP) is 3.63. The van der Waals surface area contributed by atoms with Crippen LogP contribution in [-0.4, -0.2) is 23.3 Å². The smallest absolute Gasteiger partial charge is 0.0771 e. The summed E-state index contributed by atoms with van der Waals surface area (Å²) in [5.41, 5.74) is -0.417. The molecule has 2 saturated carbocycles. The lowest BCUT2D eigenvalue weighted by Crippen LogP contribution is -2.46. The molecule has 0 aromatic carbocycles. The maximum Gasteiger partial charge on any atom is 0.0771 e. The van der Waals surface area contributed by atoms with E-state index >= 15 is 0 Å². The summed E-state index contributed by atoms with van der Waals surface area (Å²) in [6.45, 7) is 3.13. The van der Waals surface area contributed by atoms with Gasteiger partial charge in [-0.3, -0.25) is 0 Å². The first-order valence-electron chi connectivity index (χ1n) is 8.15. The van der Waals surface area contributed by atoms with Crippen LogP contribution in [0.25, 0.3) is 0 Å². The van der Waals surface area contributed by atoms with Crippen molar-refractivity contribution in [2.24, 2.45) is 5.92 Å². The third-order valence-corrected chi connectivity index (χ3v) is 5.14. The van der Waals surface area contributed by atoms with Gasteiger partial charge in [-0.05, 0) is 38.5 Å². The Balaban J connectivity index is 1.74. The molecule has 1 atom stereocenters. The number of hydrogen-bond acceptors (Lipinski definition) is 2. The van der Waals surface area contributed by atoms with Gasteiger partial charge in [0.15, 0.2) is 0 Å². The fraction of sp³-hybridized carbons (Fsp3) is 1.00. The SMILES string of the molecule is C[C@H](NCC1(O)CCCCCC1)C1CCCCC1. The molecule has 2 fully saturated rings. The molecule has 0 bridgehead atoms. The third-order valence-electron chi connectivity index (χ3n) is 5.14. The first-order valence-corrected chi connectivity index (χ1v) is 8.15. The van der Waals surface area contributed by atoms with Gasteiger partial charge in [0.25, 0.3) is 0 Å². The maximum atomic E-state index is 10.6. The number of aliphatic hydroxyl groups is 1. The van der Waals surface area contributed by atoms with Gasteiger partial charge in [-0.1, -0.05) is 44.9 Å². The predicted molar refractivity (Wildman–Crippen MR) is 76.7 cm³/mol. The van der Waals surface area contributed by atoms with Crippen molar-refractivity contribution >= 4 is 0 Å². The second-order valence-electron chi connectivity index (χ2n) is 6.71. The molecule has 0 aliphatic heterocycles.